The molecular formula is C10H11N3O2. The van der Waals surface area contributed by atoms with Crippen LogP contribution in [0.4, 0.5) is 5.82 Å². The number of ether oxygens (including phenoxy) is 1. The number of anilines is 1. The summed E-state index contributed by atoms with van der Waals surface area (Å²) in [5, 5.41) is 0. The summed E-state index contributed by atoms with van der Waals surface area (Å²) in [6.07, 6.45) is 0.0540. The Labute approximate surface area is 87.6 Å². The second-order valence-electron chi connectivity index (χ2n) is 2.61. The number of nitrogens with one attached hydrogen (secondary N) is 1. The van der Waals surface area contributed by atoms with Crippen LogP contribution < -0.4 is 11.3 Å². The summed E-state index contributed by atoms with van der Waals surface area (Å²) in [5.74, 6) is 10.7. The Balaban J connectivity index is 2.67. The van der Waals surface area contributed by atoms with E-state index in [0.717, 1.165) is 0 Å². The molecule has 0 unspecified atom stereocenters. The molecule has 3 N–H and O–H groups in total. The third-order valence-electron chi connectivity index (χ3n) is 1.57. The van der Waals surface area contributed by atoms with E-state index in [1.165, 1.54) is 7.11 Å². The van der Waals surface area contributed by atoms with Gasteiger partial charge in [0.25, 0.3) is 0 Å². The smallest absolute Gasteiger partial charge is 0.317 e. The first-order chi connectivity index (χ1) is 7.26. The third kappa shape index (κ3) is 3.67. The van der Waals surface area contributed by atoms with Crippen molar-refractivity contribution in [3.8, 4) is 11.8 Å². The summed E-state index contributed by atoms with van der Waals surface area (Å²) in [7, 11) is 1.32. The van der Waals surface area contributed by atoms with Crippen molar-refractivity contribution in [2.24, 2.45) is 5.84 Å². The van der Waals surface area contributed by atoms with Gasteiger partial charge >= 0.3 is 5.97 Å². The van der Waals surface area contributed by atoms with E-state index in [-0.39, 0.29) is 12.4 Å². The first-order valence-electron chi connectivity index (χ1n) is 4.25. The fraction of sp³-hybridized carbons (Fsp3) is 0.200. The third-order valence-corrected chi connectivity index (χ3v) is 1.57. The van der Waals surface area contributed by atoms with Gasteiger partial charge < -0.3 is 10.2 Å². The summed E-state index contributed by atoms with van der Waals surface area (Å²) >= 11 is 0. The normalized spacial score (nSPS) is 8.67. The molecule has 0 aliphatic heterocycles. The van der Waals surface area contributed by atoms with E-state index < -0.39 is 0 Å². The number of esters is 1. The molecule has 78 valence electrons. The molecule has 0 spiro atoms. The molecule has 0 aliphatic rings. The number of hydrogen-bond donors (Lipinski definition) is 2. The number of nitrogen functional groups attached to an aromatic ring is 1. The fourth-order valence-electron chi connectivity index (χ4n) is 0.864. The lowest BCUT2D eigenvalue weighted by atomic mass is 10.3. The number of hydrogen-bond acceptors (Lipinski definition) is 5. The van der Waals surface area contributed by atoms with Crippen LogP contribution in [0.2, 0.25) is 0 Å². The molecular weight excluding hydrogens is 194 g/mol. The van der Waals surface area contributed by atoms with Gasteiger partial charge in [0.05, 0.1) is 7.11 Å². The lowest BCUT2D eigenvalue weighted by Crippen LogP contribution is -2.08. The maximum atomic E-state index is 10.7. The molecule has 0 aliphatic carbocycles. The van der Waals surface area contributed by atoms with E-state index in [4.69, 9.17) is 5.84 Å². The zero-order chi connectivity index (χ0) is 11.1. The monoisotopic (exact) mass is 205 g/mol. The van der Waals surface area contributed by atoms with Crippen LogP contribution in [-0.2, 0) is 9.53 Å². The van der Waals surface area contributed by atoms with Gasteiger partial charge in [0.15, 0.2) is 0 Å². The fourth-order valence-corrected chi connectivity index (χ4v) is 0.864. The van der Waals surface area contributed by atoms with E-state index in [1.807, 2.05) is 0 Å². The molecule has 0 fully saturated rings. The average molecular weight is 205 g/mol. The Morgan fingerprint density at radius 2 is 2.47 bits per heavy atom. The lowest BCUT2D eigenvalue weighted by molar-refractivity contribution is -0.139. The van der Waals surface area contributed by atoms with Crippen molar-refractivity contribution >= 4 is 11.8 Å². The van der Waals surface area contributed by atoms with Gasteiger partial charge in [0.2, 0.25) is 0 Å². The summed E-state index contributed by atoms with van der Waals surface area (Å²) < 4.78 is 4.44. The van der Waals surface area contributed by atoms with Crippen molar-refractivity contribution < 1.29 is 9.53 Å². The van der Waals surface area contributed by atoms with Crippen molar-refractivity contribution in [3.63, 3.8) is 0 Å². The van der Waals surface area contributed by atoms with Crippen LogP contribution in [0.1, 0.15) is 12.1 Å². The van der Waals surface area contributed by atoms with Gasteiger partial charge in [0.1, 0.15) is 17.9 Å². The van der Waals surface area contributed by atoms with Gasteiger partial charge in [-0.1, -0.05) is 12.0 Å². The number of rotatable bonds is 2. The molecule has 0 bridgehead atoms. The molecule has 0 aromatic carbocycles. The number of carbonyl (C=O) groups excluding carboxylic acids is 1. The van der Waals surface area contributed by atoms with Gasteiger partial charge in [-0.25, -0.2) is 10.8 Å². The molecule has 0 saturated heterocycles. The van der Waals surface area contributed by atoms with Crippen LogP contribution in [0.3, 0.4) is 0 Å². The van der Waals surface area contributed by atoms with Gasteiger partial charge in [-0.3, -0.25) is 4.79 Å². The molecule has 0 amide bonds. The Morgan fingerprint density at radius 3 is 3.13 bits per heavy atom. The van der Waals surface area contributed by atoms with Gasteiger partial charge in [-0.15, -0.1) is 0 Å². The first kappa shape index (κ1) is 11.0. The number of nitrogens with two attached hydrogens (primary N) is 1. The number of pyridine rings is 1. The van der Waals surface area contributed by atoms with Crippen molar-refractivity contribution in [1.82, 2.24) is 4.98 Å². The molecule has 15 heavy (non-hydrogen) atoms. The topological polar surface area (TPSA) is 77.2 Å². The Morgan fingerprint density at radius 1 is 1.67 bits per heavy atom. The molecule has 0 atom stereocenters. The summed E-state index contributed by atoms with van der Waals surface area (Å²) in [6.45, 7) is 0. The Hall–Kier alpha value is -2.06. The Kier molecular flexibility index (Phi) is 4.13. The van der Waals surface area contributed by atoms with Crippen molar-refractivity contribution in [3.05, 3.63) is 23.9 Å². The largest absolute Gasteiger partial charge is 0.468 e. The molecule has 0 radical (unpaired) electrons. The molecule has 1 aromatic rings. The maximum Gasteiger partial charge on any atom is 0.317 e. The van der Waals surface area contributed by atoms with E-state index in [1.54, 1.807) is 18.2 Å². The lowest BCUT2D eigenvalue weighted by Gasteiger charge is -1.97. The number of hydrazine groups is 1. The number of nitrogens with zero attached hydrogens (tertiary/aromatic N) is 1. The quantitative estimate of drug-likeness (QED) is 0.314. The summed E-state index contributed by atoms with van der Waals surface area (Å²) in [6, 6.07) is 5.21. The van der Waals surface area contributed by atoms with Crippen molar-refractivity contribution in [2.45, 2.75) is 6.42 Å². The van der Waals surface area contributed by atoms with Gasteiger partial charge in [-0.05, 0) is 18.1 Å². The molecule has 1 aromatic heterocycles. The van der Waals surface area contributed by atoms with E-state index in [0.29, 0.717) is 11.5 Å². The van der Waals surface area contributed by atoms with Crippen LogP contribution in [0.15, 0.2) is 18.2 Å². The molecule has 5 heteroatoms. The van der Waals surface area contributed by atoms with Crippen molar-refractivity contribution in [1.29, 1.82) is 0 Å². The average Bonchev–Trinajstić information content (AvgIpc) is 2.29. The standard InChI is InChI=1S/C10H11N3O2/c1-15-10(14)7-3-5-8-4-2-6-9(12-8)13-11/h2,4,6H,7,11H2,1H3,(H,12,13). The predicted octanol–water partition coefficient (Wildman–Crippen LogP) is 0.282. The van der Waals surface area contributed by atoms with Crippen LogP contribution in [0, 0.1) is 11.8 Å². The minimum absolute atomic E-state index is 0.0540. The second kappa shape index (κ2) is 5.62. The molecule has 1 heterocycles. The molecule has 0 saturated carbocycles. The SMILES string of the molecule is COC(=O)CC#Cc1cccc(NN)n1. The highest BCUT2D eigenvalue weighted by Crippen LogP contribution is 2.01. The van der Waals surface area contributed by atoms with Gasteiger partial charge in [-0.2, -0.15) is 0 Å². The van der Waals surface area contributed by atoms with E-state index >= 15 is 0 Å². The second-order valence-corrected chi connectivity index (χ2v) is 2.61. The zero-order valence-electron chi connectivity index (χ0n) is 8.28. The predicted molar refractivity (Wildman–Crippen MR) is 55.6 cm³/mol. The van der Waals surface area contributed by atoms with Crippen LogP contribution in [-0.4, -0.2) is 18.1 Å². The summed E-state index contributed by atoms with van der Waals surface area (Å²) in [5.41, 5.74) is 2.96. The number of aromatic nitrogens is 1. The van der Waals surface area contributed by atoms with Crippen LogP contribution in [0.5, 0.6) is 0 Å². The first-order valence-corrected chi connectivity index (χ1v) is 4.25. The summed E-state index contributed by atoms with van der Waals surface area (Å²) in [4.78, 5) is 14.8. The van der Waals surface area contributed by atoms with Crippen LogP contribution >= 0.6 is 0 Å². The van der Waals surface area contributed by atoms with Gasteiger partial charge in [0, 0.05) is 0 Å². The maximum absolute atomic E-state index is 10.7. The van der Waals surface area contributed by atoms with E-state index in [9.17, 15) is 4.79 Å². The molecule has 5 nitrogen and oxygen atoms in total. The zero-order valence-corrected chi connectivity index (χ0v) is 8.28. The minimum Gasteiger partial charge on any atom is -0.468 e. The molecule has 1 rings (SSSR count). The number of carbonyl (C=O) groups is 1. The highest BCUT2D eigenvalue weighted by Gasteiger charge is 1.94. The Bertz CT molecular complexity index is 407. The highest BCUT2D eigenvalue weighted by atomic mass is 16.5. The van der Waals surface area contributed by atoms with Crippen molar-refractivity contribution in [2.75, 3.05) is 12.5 Å². The highest BCUT2D eigenvalue weighted by molar-refractivity contribution is 5.72. The van der Waals surface area contributed by atoms with E-state index in [2.05, 4.69) is 27.0 Å². The van der Waals surface area contributed by atoms with Crippen LogP contribution in [0.25, 0.3) is 0 Å². The minimum atomic E-state index is -0.365. The number of methoxy groups -OCH3 is 1.